The van der Waals surface area contributed by atoms with E-state index in [9.17, 15) is 14.4 Å². The number of hydrogen-bond acceptors (Lipinski definition) is 4. The SMILES string of the molecule is Cc1nc(NC(=O)Cn2cc(C)c(=O)[nH]c2=O)ccc1Br. The topological polar surface area (TPSA) is 96.8 Å². The molecule has 2 heterocycles. The summed E-state index contributed by atoms with van der Waals surface area (Å²) in [7, 11) is 0. The maximum atomic E-state index is 11.9. The molecule has 0 radical (unpaired) electrons. The van der Waals surface area contributed by atoms with Crippen LogP contribution in [0.25, 0.3) is 0 Å². The first-order valence-electron chi connectivity index (χ1n) is 6.10. The molecule has 0 unspecified atom stereocenters. The van der Waals surface area contributed by atoms with Crippen LogP contribution < -0.4 is 16.6 Å². The quantitative estimate of drug-likeness (QED) is 0.859. The largest absolute Gasteiger partial charge is 0.328 e. The van der Waals surface area contributed by atoms with Crippen LogP contribution in [-0.4, -0.2) is 20.4 Å². The third kappa shape index (κ3) is 3.66. The molecule has 2 aromatic rings. The van der Waals surface area contributed by atoms with Gasteiger partial charge in [0.25, 0.3) is 5.56 Å². The minimum absolute atomic E-state index is 0.201. The Kier molecular flexibility index (Phi) is 4.37. The van der Waals surface area contributed by atoms with Crippen molar-refractivity contribution in [1.29, 1.82) is 0 Å². The second-order valence-corrected chi connectivity index (χ2v) is 5.37. The Bertz CT molecular complexity index is 810. The Morgan fingerprint density at radius 3 is 2.76 bits per heavy atom. The lowest BCUT2D eigenvalue weighted by Crippen LogP contribution is -2.34. The molecular weight excluding hydrogens is 340 g/mol. The van der Waals surface area contributed by atoms with Crippen LogP contribution in [0.2, 0.25) is 0 Å². The molecule has 2 aromatic heterocycles. The number of H-pyrrole nitrogens is 1. The van der Waals surface area contributed by atoms with Crippen molar-refractivity contribution < 1.29 is 4.79 Å². The Balaban J connectivity index is 2.15. The Labute approximate surface area is 128 Å². The minimum Gasteiger partial charge on any atom is -0.309 e. The molecule has 0 aromatic carbocycles. The number of carbonyl (C=O) groups excluding carboxylic acids is 1. The number of aryl methyl sites for hydroxylation is 2. The predicted molar refractivity (Wildman–Crippen MR) is 81.4 cm³/mol. The summed E-state index contributed by atoms with van der Waals surface area (Å²) in [5, 5.41) is 2.60. The molecule has 0 bridgehead atoms. The first-order chi connectivity index (χ1) is 9.86. The smallest absolute Gasteiger partial charge is 0.309 e. The summed E-state index contributed by atoms with van der Waals surface area (Å²) in [6.07, 6.45) is 1.35. The van der Waals surface area contributed by atoms with E-state index in [-0.39, 0.29) is 6.54 Å². The number of anilines is 1. The molecule has 0 aliphatic carbocycles. The molecule has 7 nitrogen and oxygen atoms in total. The lowest BCUT2D eigenvalue weighted by Gasteiger charge is -2.08. The third-order valence-electron chi connectivity index (χ3n) is 2.79. The maximum Gasteiger partial charge on any atom is 0.328 e. The highest BCUT2D eigenvalue weighted by molar-refractivity contribution is 9.10. The van der Waals surface area contributed by atoms with Gasteiger partial charge < -0.3 is 5.32 Å². The van der Waals surface area contributed by atoms with Crippen LogP contribution >= 0.6 is 15.9 Å². The molecule has 2 N–H and O–H groups in total. The number of halogens is 1. The molecule has 110 valence electrons. The van der Waals surface area contributed by atoms with Gasteiger partial charge in [-0.05, 0) is 41.9 Å². The van der Waals surface area contributed by atoms with Gasteiger partial charge in [0.1, 0.15) is 12.4 Å². The van der Waals surface area contributed by atoms with Crippen LogP contribution in [0.5, 0.6) is 0 Å². The van der Waals surface area contributed by atoms with Crippen molar-refractivity contribution in [1.82, 2.24) is 14.5 Å². The van der Waals surface area contributed by atoms with Crippen molar-refractivity contribution in [2.24, 2.45) is 0 Å². The summed E-state index contributed by atoms with van der Waals surface area (Å²) in [5.74, 6) is -0.00679. The Hall–Kier alpha value is -2.22. The van der Waals surface area contributed by atoms with Gasteiger partial charge in [-0.25, -0.2) is 9.78 Å². The number of aromatic nitrogens is 3. The van der Waals surface area contributed by atoms with E-state index in [1.165, 1.54) is 6.20 Å². The number of aromatic amines is 1. The van der Waals surface area contributed by atoms with E-state index in [1.807, 2.05) is 0 Å². The van der Waals surface area contributed by atoms with Crippen molar-refractivity contribution in [3.8, 4) is 0 Å². The average molecular weight is 353 g/mol. The molecular formula is C13H13BrN4O3. The summed E-state index contributed by atoms with van der Waals surface area (Å²) in [4.78, 5) is 41.1. The summed E-state index contributed by atoms with van der Waals surface area (Å²) >= 11 is 3.32. The second-order valence-electron chi connectivity index (χ2n) is 4.51. The van der Waals surface area contributed by atoms with E-state index in [0.29, 0.717) is 11.4 Å². The van der Waals surface area contributed by atoms with Gasteiger partial charge in [-0.2, -0.15) is 0 Å². The highest BCUT2D eigenvalue weighted by Gasteiger charge is 2.08. The lowest BCUT2D eigenvalue weighted by molar-refractivity contribution is -0.116. The molecule has 21 heavy (non-hydrogen) atoms. The zero-order chi connectivity index (χ0) is 15.6. The third-order valence-corrected chi connectivity index (χ3v) is 3.63. The van der Waals surface area contributed by atoms with Gasteiger partial charge in [0.15, 0.2) is 0 Å². The predicted octanol–water partition coefficient (Wildman–Crippen LogP) is 0.950. The normalized spacial score (nSPS) is 10.4. The fraction of sp³-hybridized carbons (Fsp3) is 0.231. The molecule has 1 amide bonds. The first-order valence-corrected chi connectivity index (χ1v) is 6.89. The van der Waals surface area contributed by atoms with Crippen LogP contribution in [-0.2, 0) is 11.3 Å². The van der Waals surface area contributed by atoms with Gasteiger partial charge in [0.05, 0.1) is 5.69 Å². The van der Waals surface area contributed by atoms with Gasteiger partial charge in [0.2, 0.25) is 5.91 Å². The number of hydrogen-bond donors (Lipinski definition) is 2. The van der Waals surface area contributed by atoms with Crippen LogP contribution in [0.3, 0.4) is 0 Å². The number of rotatable bonds is 3. The summed E-state index contributed by atoms with van der Waals surface area (Å²) < 4.78 is 1.98. The van der Waals surface area contributed by atoms with Gasteiger partial charge in [0, 0.05) is 16.2 Å². The number of pyridine rings is 1. The zero-order valence-corrected chi connectivity index (χ0v) is 13.0. The number of amides is 1. The van der Waals surface area contributed by atoms with E-state index < -0.39 is 17.2 Å². The fourth-order valence-electron chi connectivity index (χ4n) is 1.69. The number of nitrogens with one attached hydrogen (secondary N) is 2. The van der Waals surface area contributed by atoms with Gasteiger partial charge in [-0.3, -0.25) is 19.1 Å². The molecule has 0 aliphatic heterocycles. The minimum atomic E-state index is -0.624. The zero-order valence-electron chi connectivity index (χ0n) is 11.4. The molecule has 8 heteroatoms. The van der Waals surface area contributed by atoms with Crippen molar-refractivity contribution in [3.05, 3.63) is 54.9 Å². The van der Waals surface area contributed by atoms with E-state index in [1.54, 1.807) is 26.0 Å². The average Bonchev–Trinajstić information content (AvgIpc) is 2.40. The molecule has 0 aliphatic rings. The van der Waals surface area contributed by atoms with E-state index in [4.69, 9.17) is 0 Å². The Morgan fingerprint density at radius 1 is 1.38 bits per heavy atom. The Morgan fingerprint density at radius 2 is 2.10 bits per heavy atom. The molecule has 0 saturated heterocycles. The van der Waals surface area contributed by atoms with Crippen LogP contribution in [0, 0.1) is 13.8 Å². The maximum absolute atomic E-state index is 11.9. The fourth-order valence-corrected chi connectivity index (χ4v) is 1.91. The molecule has 2 rings (SSSR count). The number of carbonyl (C=O) groups is 1. The van der Waals surface area contributed by atoms with E-state index >= 15 is 0 Å². The summed E-state index contributed by atoms with van der Waals surface area (Å²) in [5.41, 5.74) is 0.0208. The second kappa shape index (κ2) is 6.04. The monoisotopic (exact) mass is 352 g/mol. The van der Waals surface area contributed by atoms with Crippen molar-refractivity contribution >= 4 is 27.7 Å². The number of nitrogens with zero attached hydrogens (tertiary/aromatic N) is 2. The molecule has 0 fully saturated rings. The molecule has 0 atom stereocenters. The van der Waals surface area contributed by atoms with Crippen LogP contribution in [0.15, 0.2) is 32.4 Å². The van der Waals surface area contributed by atoms with Gasteiger partial charge >= 0.3 is 5.69 Å². The highest BCUT2D eigenvalue weighted by atomic mass is 79.9. The lowest BCUT2D eigenvalue weighted by atomic mass is 10.3. The summed E-state index contributed by atoms with van der Waals surface area (Å²) in [6.45, 7) is 3.16. The molecule has 0 saturated carbocycles. The van der Waals surface area contributed by atoms with Crippen molar-refractivity contribution in [2.75, 3.05) is 5.32 Å². The highest BCUT2D eigenvalue weighted by Crippen LogP contribution is 2.16. The van der Waals surface area contributed by atoms with Crippen molar-refractivity contribution in [2.45, 2.75) is 20.4 Å². The van der Waals surface area contributed by atoms with Crippen LogP contribution in [0.4, 0.5) is 5.82 Å². The van der Waals surface area contributed by atoms with Crippen molar-refractivity contribution in [3.63, 3.8) is 0 Å². The van der Waals surface area contributed by atoms with E-state index in [0.717, 1.165) is 14.7 Å². The first kappa shape index (κ1) is 15.2. The standard InChI is InChI=1S/C13H13BrN4O3/c1-7-5-18(13(21)17-12(7)20)6-11(19)16-10-4-3-9(14)8(2)15-10/h3-5H,6H2,1-2H3,(H,15,16,19)(H,17,20,21). The van der Waals surface area contributed by atoms with Crippen LogP contribution in [0.1, 0.15) is 11.3 Å². The summed E-state index contributed by atoms with van der Waals surface area (Å²) in [6, 6.07) is 3.42. The van der Waals surface area contributed by atoms with Gasteiger partial charge in [-0.15, -0.1) is 0 Å². The van der Waals surface area contributed by atoms with E-state index in [2.05, 4.69) is 31.2 Å². The van der Waals surface area contributed by atoms with Gasteiger partial charge in [-0.1, -0.05) is 0 Å². The molecule has 0 spiro atoms.